The van der Waals surface area contributed by atoms with Crippen molar-refractivity contribution in [2.24, 2.45) is 0 Å². The zero-order chi connectivity index (χ0) is 11.6. The smallest absolute Gasteiger partial charge is 1.00 e. The molecule has 0 aliphatic heterocycles. The Kier molecular flexibility index (Phi) is 5.23. The normalized spacial score (nSPS) is 16.6. The van der Waals surface area contributed by atoms with Gasteiger partial charge in [0.2, 0.25) is 0 Å². The van der Waals surface area contributed by atoms with Gasteiger partial charge in [-0.15, -0.1) is 40.1 Å². The number of allylic oxidation sites excluding steroid dienone is 4. The van der Waals surface area contributed by atoms with E-state index in [9.17, 15) is 0 Å². The van der Waals surface area contributed by atoms with Crippen LogP contribution < -0.4 is 24.8 Å². The van der Waals surface area contributed by atoms with Crippen LogP contribution in [0.1, 0.15) is 37.0 Å². The number of hydrogen-bond donors (Lipinski definition) is 0. The largest absolute Gasteiger partial charge is 3.00 e. The van der Waals surface area contributed by atoms with Gasteiger partial charge in [-0.3, -0.25) is 0 Å². The van der Waals surface area contributed by atoms with Crippen LogP contribution in [-0.2, 0) is 31.6 Å². The number of rotatable bonds is 1. The van der Waals surface area contributed by atoms with Crippen LogP contribution in [0.5, 0.6) is 0 Å². The fourth-order valence-electron chi connectivity index (χ4n) is 3.24. The van der Waals surface area contributed by atoms with Gasteiger partial charge in [0.1, 0.15) is 0 Å². The Hall–Kier alpha value is -0.227. The summed E-state index contributed by atoms with van der Waals surface area (Å²) in [5.41, 5.74) is 6.36. The minimum Gasteiger partial charge on any atom is -1.00 e. The van der Waals surface area contributed by atoms with E-state index in [4.69, 9.17) is 0 Å². The van der Waals surface area contributed by atoms with Crippen molar-refractivity contribution in [1.29, 1.82) is 0 Å². The molecule has 0 saturated carbocycles. The molecular weight excluding hydrogens is 366 g/mol. The van der Waals surface area contributed by atoms with Gasteiger partial charge in [0.25, 0.3) is 0 Å². The second-order valence-electron chi connectivity index (χ2n) is 5.65. The molecule has 3 heteroatoms. The van der Waals surface area contributed by atoms with E-state index in [1.54, 1.807) is 11.1 Å². The Morgan fingerprint density at radius 1 is 1.15 bits per heavy atom. The van der Waals surface area contributed by atoms with Crippen molar-refractivity contribution in [1.82, 2.24) is 0 Å². The number of halogens is 2. The van der Waals surface area contributed by atoms with E-state index < -0.39 is 0 Å². The molecule has 1 radical (unpaired) electrons. The van der Waals surface area contributed by atoms with Gasteiger partial charge in [-0.1, -0.05) is 43.7 Å². The maximum atomic E-state index is 2.37. The Morgan fingerprint density at radius 2 is 1.90 bits per heavy atom. The number of hydrogen-bond acceptors (Lipinski definition) is 0. The molecule has 101 valence electrons. The van der Waals surface area contributed by atoms with Gasteiger partial charge in [0.15, 0.2) is 0 Å². The molecule has 0 saturated heterocycles. The van der Waals surface area contributed by atoms with E-state index in [-0.39, 0.29) is 51.0 Å². The number of fused-ring (bicyclic) bond motifs is 3. The molecule has 2 aromatic carbocycles. The van der Waals surface area contributed by atoms with Crippen LogP contribution in [-0.4, -0.2) is 0 Å². The average Bonchev–Trinajstić information content (AvgIpc) is 2.82. The first kappa shape index (κ1) is 17.8. The molecule has 0 unspecified atom stereocenters. The van der Waals surface area contributed by atoms with E-state index in [1.807, 2.05) is 0 Å². The van der Waals surface area contributed by atoms with Gasteiger partial charge in [-0.05, 0) is 17.4 Å². The van der Waals surface area contributed by atoms with Gasteiger partial charge in [0, 0.05) is 0 Å². The third kappa shape index (κ3) is 2.29. The zero-order valence-corrected chi connectivity index (χ0v) is 15.5. The van der Waals surface area contributed by atoms with Crippen LogP contribution in [0, 0.1) is 0 Å². The topological polar surface area (TPSA) is 0 Å². The van der Waals surface area contributed by atoms with Crippen molar-refractivity contribution in [2.75, 3.05) is 0 Å². The number of benzene rings is 1. The van der Waals surface area contributed by atoms with Crippen molar-refractivity contribution in [3.05, 3.63) is 59.2 Å². The van der Waals surface area contributed by atoms with Gasteiger partial charge in [-0.25, -0.2) is 0 Å². The summed E-state index contributed by atoms with van der Waals surface area (Å²) in [5, 5.41) is 2.92. The molecule has 0 spiro atoms. The van der Waals surface area contributed by atoms with Crippen molar-refractivity contribution in [2.45, 2.75) is 25.7 Å². The maximum Gasteiger partial charge on any atom is 3.00 e. The molecule has 0 fully saturated rings. The Balaban J connectivity index is 0.000000667. The first-order chi connectivity index (χ1) is 8.19. The molecule has 4 rings (SSSR count). The SMILES string of the molecule is CC1(C)c2[cH-]c3cccc(C4=CC=CC4)c3c21.[Cl-].[Cl-].[Zr+3]. The standard InChI is InChI=1S/C17H15.2ClH.Zr/c1-17(2)14-10-12-8-5-9-13(15(12)16(14)17)11-6-3-4-7-11;;;/h3-6,8-10H,7H2,1-2H3;2*1H;/q-1;;;+3/p-2. The Bertz CT molecular complexity index is 705. The van der Waals surface area contributed by atoms with Gasteiger partial charge >= 0.3 is 26.2 Å². The van der Waals surface area contributed by atoms with Crippen LogP contribution in [0.4, 0.5) is 0 Å². The fourth-order valence-corrected chi connectivity index (χ4v) is 3.24. The van der Waals surface area contributed by atoms with Crippen molar-refractivity contribution in [3.8, 4) is 0 Å². The molecule has 2 aliphatic carbocycles. The van der Waals surface area contributed by atoms with E-state index >= 15 is 0 Å². The molecule has 0 atom stereocenters. The second-order valence-corrected chi connectivity index (χ2v) is 5.65. The summed E-state index contributed by atoms with van der Waals surface area (Å²) in [7, 11) is 0. The van der Waals surface area contributed by atoms with Crippen molar-refractivity contribution < 1.29 is 51.0 Å². The van der Waals surface area contributed by atoms with Crippen LogP contribution in [0.25, 0.3) is 16.3 Å². The summed E-state index contributed by atoms with van der Waals surface area (Å²) in [5.74, 6) is 0. The van der Waals surface area contributed by atoms with Crippen LogP contribution in [0.3, 0.4) is 0 Å². The van der Waals surface area contributed by atoms with Crippen LogP contribution in [0.15, 0.2) is 42.5 Å². The predicted octanol–water partition coefficient (Wildman–Crippen LogP) is -1.45. The van der Waals surface area contributed by atoms with Crippen molar-refractivity contribution in [3.63, 3.8) is 0 Å². The summed E-state index contributed by atoms with van der Waals surface area (Å²) >= 11 is 0. The van der Waals surface area contributed by atoms with Gasteiger partial charge in [0.05, 0.1) is 0 Å². The molecule has 2 aliphatic rings. The zero-order valence-electron chi connectivity index (χ0n) is 11.5. The molecule has 0 nitrogen and oxygen atoms in total. The van der Waals surface area contributed by atoms with Crippen LogP contribution in [0.2, 0.25) is 0 Å². The quantitative estimate of drug-likeness (QED) is 0.531. The minimum absolute atomic E-state index is 0. The average molecular weight is 381 g/mol. The van der Waals surface area contributed by atoms with E-state index in [2.05, 4.69) is 56.3 Å². The van der Waals surface area contributed by atoms with E-state index in [0.717, 1.165) is 6.42 Å². The molecule has 0 aromatic heterocycles. The molecule has 2 aromatic rings. The molecule has 0 amide bonds. The third-order valence-corrected chi connectivity index (χ3v) is 4.27. The summed E-state index contributed by atoms with van der Waals surface area (Å²) < 4.78 is 0. The molecule has 0 heterocycles. The first-order valence-electron chi connectivity index (χ1n) is 6.29. The molecule has 20 heavy (non-hydrogen) atoms. The molecule has 0 N–H and O–H groups in total. The van der Waals surface area contributed by atoms with E-state index in [0.29, 0.717) is 5.41 Å². The van der Waals surface area contributed by atoms with E-state index in [1.165, 1.54) is 21.9 Å². The summed E-state index contributed by atoms with van der Waals surface area (Å²) in [6.45, 7) is 4.66. The predicted molar refractivity (Wildman–Crippen MR) is 73.4 cm³/mol. The third-order valence-electron chi connectivity index (χ3n) is 4.27. The molecular formula is C17H15Cl2Zr. The fraction of sp³-hybridized carbons (Fsp3) is 0.235. The minimum atomic E-state index is 0. The second kappa shape index (κ2) is 5.87. The summed E-state index contributed by atoms with van der Waals surface area (Å²) in [6, 6.07) is 9.07. The summed E-state index contributed by atoms with van der Waals surface area (Å²) in [4.78, 5) is 0. The molecule has 0 bridgehead atoms. The Morgan fingerprint density at radius 3 is 2.55 bits per heavy atom. The van der Waals surface area contributed by atoms with Gasteiger partial charge < -0.3 is 24.8 Å². The monoisotopic (exact) mass is 379 g/mol. The summed E-state index contributed by atoms with van der Waals surface area (Å²) in [6.07, 6.45) is 7.74. The van der Waals surface area contributed by atoms with Crippen LogP contribution >= 0.6 is 0 Å². The van der Waals surface area contributed by atoms with Gasteiger partial charge in [-0.2, -0.15) is 0 Å². The van der Waals surface area contributed by atoms with Crippen molar-refractivity contribution >= 4 is 16.3 Å². The first-order valence-corrected chi connectivity index (χ1v) is 6.29. The maximum absolute atomic E-state index is 2.37. The Labute approximate surface area is 151 Å².